The molecule has 1 aliphatic carbocycles. The maximum atomic E-state index is 13.3. The van der Waals surface area contributed by atoms with E-state index < -0.39 is 0 Å². The molecule has 0 N–H and O–H groups in total. The Morgan fingerprint density at radius 1 is 1.22 bits per heavy atom. The van der Waals surface area contributed by atoms with E-state index >= 15 is 0 Å². The third kappa shape index (κ3) is 3.34. The highest BCUT2D eigenvalue weighted by Crippen LogP contribution is 2.37. The summed E-state index contributed by atoms with van der Waals surface area (Å²) in [7, 11) is 0. The Labute approximate surface area is 118 Å². The van der Waals surface area contributed by atoms with Gasteiger partial charge < -0.3 is 0 Å². The molecule has 0 aromatic heterocycles. The third-order valence-electron chi connectivity index (χ3n) is 4.17. The minimum absolute atomic E-state index is 0.121. The van der Waals surface area contributed by atoms with E-state index in [-0.39, 0.29) is 5.82 Å². The number of rotatable bonds is 4. The van der Waals surface area contributed by atoms with Crippen molar-refractivity contribution in [1.29, 1.82) is 0 Å². The summed E-state index contributed by atoms with van der Waals surface area (Å²) in [5.41, 5.74) is 3.43. The zero-order chi connectivity index (χ0) is 13.1. The van der Waals surface area contributed by atoms with Gasteiger partial charge in [0.25, 0.3) is 0 Å². The normalized spacial score (nSPS) is 18.2. The maximum absolute atomic E-state index is 13.3. The molecule has 0 saturated heterocycles. The summed E-state index contributed by atoms with van der Waals surface area (Å²) in [6, 6.07) is 3.29. The van der Waals surface area contributed by atoms with Crippen LogP contribution < -0.4 is 0 Å². The number of halogens is 2. The van der Waals surface area contributed by atoms with Crippen molar-refractivity contribution in [2.75, 3.05) is 0 Å². The minimum Gasteiger partial charge on any atom is -0.207 e. The molecule has 1 atom stereocenters. The average molecular weight is 313 g/mol. The Bertz CT molecular complexity index is 385. The van der Waals surface area contributed by atoms with Crippen molar-refractivity contribution in [3.63, 3.8) is 0 Å². The van der Waals surface area contributed by atoms with Crippen LogP contribution in [0.5, 0.6) is 0 Å². The van der Waals surface area contributed by atoms with E-state index in [2.05, 4.69) is 15.9 Å². The van der Waals surface area contributed by atoms with Gasteiger partial charge in [-0.3, -0.25) is 0 Å². The van der Waals surface area contributed by atoms with Gasteiger partial charge in [-0.1, -0.05) is 41.6 Å². The van der Waals surface area contributed by atoms with Gasteiger partial charge in [-0.15, -0.1) is 0 Å². The highest BCUT2D eigenvalue weighted by molar-refractivity contribution is 9.09. The second kappa shape index (κ2) is 6.18. The molecule has 0 radical (unpaired) electrons. The van der Waals surface area contributed by atoms with Gasteiger partial charge >= 0.3 is 0 Å². The number of benzene rings is 1. The third-order valence-corrected chi connectivity index (χ3v) is 5.09. The predicted molar refractivity (Wildman–Crippen MR) is 78.7 cm³/mol. The molecular weight excluding hydrogens is 291 g/mol. The minimum atomic E-state index is -0.121. The van der Waals surface area contributed by atoms with E-state index in [1.807, 2.05) is 13.8 Å². The summed E-state index contributed by atoms with van der Waals surface area (Å²) in [4.78, 5) is 0.374. The largest absolute Gasteiger partial charge is 0.207 e. The first kappa shape index (κ1) is 14.0. The van der Waals surface area contributed by atoms with Crippen molar-refractivity contribution in [2.45, 2.75) is 57.2 Å². The molecule has 0 heterocycles. The smallest absolute Gasteiger partial charge is 0.123 e. The second-order valence-corrected chi connectivity index (χ2v) is 6.75. The molecule has 0 bridgehead atoms. The zero-order valence-electron chi connectivity index (χ0n) is 11.3. The first-order chi connectivity index (χ1) is 8.58. The molecule has 1 aromatic rings. The van der Waals surface area contributed by atoms with E-state index in [1.54, 1.807) is 12.1 Å². The summed E-state index contributed by atoms with van der Waals surface area (Å²) < 4.78 is 13.3. The number of hydrogen-bond acceptors (Lipinski definition) is 0. The van der Waals surface area contributed by atoms with Crippen molar-refractivity contribution < 1.29 is 4.39 Å². The predicted octanol–water partition coefficient (Wildman–Crippen LogP) is 5.85. The van der Waals surface area contributed by atoms with E-state index in [4.69, 9.17) is 0 Å². The molecule has 2 rings (SSSR count). The Balaban J connectivity index is 2.01. The van der Waals surface area contributed by atoms with Crippen LogP contribution >= 0.6 is 15.9 Å². The summed E-state index contributed by atoms with van der Waals surface area (Å²) in [6.45, 7) is 4.02. The van der Waals surface area contributed by atoms with Crippen LogP contribution in [0.3, 0.4) is 0 Å². The Morgan fingerprint density at radius 3 is 2.33 bits per heavy atom. The molecule has 2 heteroatoms. The van der Waals surface area contributed by atoms with Crippen LogP contribution in [0, 0.1) is 25.6 Å². The first-order valence-electron chi connectivity index (χ1n) is 6.98. The molecule has 0 aliphatic heterocycles. The van der Waals surface area contributed by atoms with Gasteiger partial charge in [0.05, 0.1) is 0 Å². The number of alkyl halides is 1. The van der Waals surface area contributed by atoms with Crippen molar-refractivity contribution in [2.24, 2.45) is 5.92 Å². The molecule has 18 heavy (non-hydrogen) atoms. The lowest BCUT2D eigenvalue weighted by atomic mass is 9.94. The van der Waals surface area contributed by atoms with Crippen molar-refractivity contribution in [1.82, 2.24) is 0 Å². The zero-order valence-corrected chi connectivity index (χ0v) is 12.9. The van der Waals surface area contributed by atoms with Gasteiger partial charge in [-0.05, 0) is 61.4 Å². The monoisotopic (exact) mass is 312 g/mol. The van der Waals surface area contributed by atoms with E-state index in [0.29, 0.717) is 4.83 Å². The maximum Gasteiger partial charge on any atom is 0.123 e. The van der Waals surface area contributed by atoms with Crippen LogP contribution in [0.2, 0.25) is 0 Å². The van der Waals surface area contributed by atoms with Gasteiger partial charge in [-0.2, -0.15) is 0 Å². The fourth-order valence-corrected chi connectivity index (χ4v) is 4.23. The van der Waals surface area contributed by atoms with Crippen molar-refractivity contribution in [3.05, 3.63) is 34.6 Å². The van der Waals surface area contributed by atoms with E-state index in [0.717, 1.165) is 23.5 Å². The van der Waals surface area contributed by atoms with Crippen LogP contribution in [0.15, 0.2) is 12.1 Å². The summed E-state index contributed by atoms with van der Waals surface area (Å²) in [5, 5.41) is 0. The Hall–Kier alpha value is -0.370. The first-order valence-corrected chi connectivity index (χ1v) is 7.90. The molecule has 1 fully saturated rings. The lowest BCUT2D eigenvalue weighted by Gasteiger charge is -2.18. The van der Waals surface area contributed by atoms with Gasteiger partial charge in [0.2, 0.25) is 0 Å². The fraction of sp³-hybridized carbons (Fsp3) is 0.625. The van der Waals surface area contributed by atoms with Crippen LogP contribution in [0.4, 0.5) is 4.39 Å². The van der Waals surface area contributed by atoms with E-state index in [1.165, 1.54) is 37.7 Å². The van der Waals surface area contributed by atoms with Gasteiger partial charge in [0.15, 0.2) is 0 Å². The Kier molecular flexibility index (Phi) is 4.83. The number of aryl methyl sites for hydroxylation is 2. The summed E-state index contributed by atoms with van der Waals surface area (Å²) in [5.74, 6) is 0.801. The average Bonchev–Trinajstić information content (AvgIpc) is 2.77. The fourth-order valence-electron chi connectivity index (χ4n) is 3.24. The lowest BCUT2D eigenvalue weighted by molar-refractivity contribution is 0.482. The summed E-state index contributed by atoms with van der Waals surface area (Å²) >= 11 is 3.80. The standard InChI is InChI=1S/C16H22BrF/c1-11-9-14(18)10-12(2)16(11)15(17)8-7-13-5-3-4-6-13/h9-10,13,15H,3-8H2,1-2H3. The SMILES string of the molecule is Cc1cc(F)cc(C)c1C(Br)CCC1CCCC1. The highest BCUT2D eigenvalue weighted by atomic mass is 79.9. The summed E-state index contributed by atoms with van der Waals surface area (Å²) in [6.07, 6.45) is 8.09. The molecule has 1 saturated carbocycles. The molecule has 1 aliphatic rings. The number of hydrogen-bond donors (Lipinski definition) is 0. The molecule has 1 unspecified atom stereocenters. The van der Waals surface area contributed by atoms with Gasteiger partial charge in [0.1, 0.15) is 5.82 Å². The molecule has 1 aromatic carbocycles. The van der Waals surface area contributed by atoms with Crippen molar-refractivity contribution in [3.8, 4) is 0 Å². The Morgan fingerprint density at radius 2 is 1.78 bits per heavy atom. The van der Waals surface area contributed by atoms with Crippen LogP contribution in [-0.2, 0) is 0 Å². The van der Waals surface area contributed by atoms with Gasteiger partial charge in [-0.25, -0.2) is 4.39 Å². The molecular formula is C16H22BrF. The molecule has 0 spiro atoms. The van der Waals surface area contributed by atoms with E-state index in [9.17, 15) is 4.39 Å². The topological polar surface area (TPSA) is 0 Å². The molecule has 0 amide bonds. The highest BCUT2D eigenvalue weighted by Gasteiger charge is 2.19. The second-order valence-electron chi connectivity index (χ2n) is 5.65. The van der Waals surface area contributed by atoms with Crippen LogP contribution in [0.1, 0.15) is 60.0 Å². The van der Waals surface area contributed by atoms with Crippen molar-refractivity contribution >= 4 is 15.9 Å². The quantitative estimate of drug-likeness (QED) is 0.612. The van der Waals surface area contributed by atoms with Gasteiger partial charge in [0, 0.05) is 4.83 Å². The molecule has 100 valence electrons. The lowest BCUT2D eigenvalue weighted by Crippen LogP contribution is -2.01. The van der Waals surface area contributed by atoms with Crippen LogP contribution in [0.25, 0.3) is 0 Å². The molecule has 0 nitrogen and oxygen atoms in total. The van der Waals surface area contributed by atoms with Crippen LogP contribution in [-0.4, -0.2) is 0 Å².